The number of imide groups is 1. The minimum Gasteiger partial charge on any atom is -0.294 e. The molecule has 0 atom stereocenters. The van der Waals surface area contributed by atoms with Gasteiger partial charge in [0.05, 0.1) is 22.5 Å². The Balaban J connectivity index is 1.93. The van der Waals surface area contributed by atoms with Crippen LogP contribution in [0.1, 0.15) is 54.7 Å². The number of ketones is 1. The average molecular weight is 313 g/mol. The molecule has 5 heteroatoms. The van der Waals surface area contributed by atoms with Crippen molar-refractivity contribution in [2.45, 2.75) is 26.8 Å². The molecule has 0 N–H and O–H groups in total. The summed E-state index contributed by atoms with van der Waals surface area (Å²) in [6, 6.07) is 8.65. The maximum Gasteiger partial charge on any atom is 0.261 e. The number of nitrogens with zero attached hydrogens (tertiary/aromatic N) is 1. The summed E-state index contributed by atoms with van der Waals surface area (Å²) in [5.74, 6) is -0.523. The van der Waals surface area contributed by atoms with Gasteiger partial charge in [0.1, 0.15) is 0 Å². The van der Waals surface area contributed by atoms with Crippen molar-refractivity contribution < 1.29 is 14.4 Å². The van der Waals surface area contributed by atoms with E-state index in [4.69, 9.17) is 0 Å². The van der Waals surface area contributed by atoms with Gasteiger partial charge in [-0.05, 0) is 37.1 Å². The van der Waals surface area contributed by atoms with Crippen LogP contribution >= 0.6 is 11.3 Å². The van der Waals surface area contributed by atoms with Gasteiger partial charge < -0.3 is 0 Å². The molecule has 0 bridgehead atoms. The molecule has 1 aromatic heterocycles. The highest BCUT2D eigenvalue weighted by molar-refractivity contribution is 7.14. The van der Waals surface area contributed by atoms with E-state index in [0.717, 1.165) is 16.9 Å². The van der Waals surface area contributed by atoms with E-state index in [1.807, 2.05) is 6.92 Å². The van der Waals surface area contributed by atoms with E-state index in [0.29, 0.717) is 16.0 Å². The molecular weight excluding hydrogens is 298 g/mol. The van der Waals surface area contributed by atoms with Crippen molar-refractivity contribution in [1.82, 2.24) is 4.90 Å². The third-order valence-corrected chi connectivity index (χ3v) is 5.19. The van der Waals surface area contributed by atoms with E-state index < -0.39 is 0 Å². The van der Waals surface area contributed by atoms with E-state index in [1.165, 1.54) is 23.2 Å². The molecule has 2 aromatic rings. The number of hydrogen-bond donors (Lipinski definition) is 0. The van der Waals surface area contributed by atoms with Crippen LogP contribution in [0.3, 0.4) is 0 Å². The summed E-state index contributed by atoms with van der Waals surface area (Å²) in [7, 11) is 0. The Hall–Kier alpha value is -2.27. The molecule has 2 amide bonds. The first-order chi connectivity index (χ1) is 10.5. The lowest BCUT2D eigenvalue weighted by Crippen LogP contribution is -2.29. The lowest BCUT2D eigenvalue weighted by atomic mass is 10.1. The van der Waals surface area contributed by atoms with Gasteiger partial charge >= 0.3 is 0 Å². The zero-order valence-corrected chi connectivity index (χ0v) is 13.2. The molecule has 1 aromatic carbocycles. The van der Waals surface area contributed by atoms with Gasteiger partial charge in [0.25, 0.3) is 11.8 Å². The topological polar surface area (TPSA) is 54.5 Å². The summed E-state index contributed by atoms with van der Waals surface area (Å²) in [6.45, 7) is 3.75. The minimum absolute atomic E-state index is 0.00770. The number of amides is 2. The number of hydrogen-bond acceptors (Lipinski definition) is 4. The Bertz CT molecular complexity index is 756. The van der Waals surface area contributed by atoms with Crippen molar-refractivity contribution in [3.8, 4) is 0 Å². The van der Waals surface area contributed by atoms with Gasteiger partial charge in [-0.1, -0.05) is 19.1 Å². The Morgan fingerprint density at radius 3 is 2.23 bits per heavy atom. The summed E-state index contributed by atoms with van der Waals surface area (Å²) in [4.78, 5) is 39.3. The first-order valence-corrected chi connectivity index (χ1v) is 7.92. The molecular formula is C17H15NO3S. The summed E-state index contributed by atoms with van der Waals surface area (Å²) in [5.41, 5.74) is 1.78. The second-order valence-electron chi connectivity index (χ2n) is 5.21. The second kappa shape index (κ2) is 5.50. The fourth-order valence-corrected chi connectivity index (χ4v) is 3.64. The molecule has 0 unspecified atom stereocenters. The van der Waals surface area contributed by atoms with Gasteiger partial charge in [-0.2, -0.15) is 0 Å². The Morgan fingerprint density at radius 2 is 1.73 bits per heavy atom. The number of Topliss-reactive ketones (excluding diaryl/α,β-unsaturated/α-hetero) is 1. The largest absolute Gasteiger partial charge is 0.294 e. The number of aryl methyl sites for hydroxylation is 1. The monoisotopic (exact) mass is 313 g/mol. The average Bonchev–Trinajstić information content (AvgIpc) is 3.03. The molecule has 1 aliphatic heterocycles. The molecule has 0 saturated carbocycles. The Morgan fingerprint density at radius 1 is 1.14 bits per heavy atom. The van der Waals surface area contributed by atoms with Crippen molar-refractivity contribution in [3.05, 3.63) is 56.8 Å². The second-order valence-corrected chi connectivity index (χ2v) is 6.35. The van der Waals surface area contributed by atoms with Crippen LogP contribution in [0.25, 0.3) is 0 Å². The quantitative estimate of drug-likeness (QED) is 0.643. The van der Waals surface area contributed by atoms with Gasteiger partial charge in [0.15, 0.2) is 5.78 Å². The number of fused-ring (bicyclic) bond motifs is 1. The molecule has 0 radical (unpaired) electrons. The maximum absolute atomic E-state index is 12.4. The first kappa shape index (κ1) is 14.7. The van der Waals surface area contributed by atoms with Crippen LogP contribution in [0, 0.1) is 0 Å². The number of carbonyl (C=O) groups is 3. The Labute approximate surface area is 132 Å². The molecule has 0 spiro atoms. The highest BCUT2D eigenvalue weighted by Gasteiger charge is 2.35. The van der Waals surface area contributed by atoms with Gasteiger partial charge in [-0.25, -0.2) is 0 Å². The lowest BCUT2D eigenvalue weighted by Gasteiger charge is -2.13. The highest BCUT2D eigenvalue weighted by atomic mass is 32.1. The summed E-state index contributed by atoms with van der Waals surface area (Å²) in [6.07, 6.45) is 0.774. The molecule has 4 nitrogen and oxygen atoms in total. The predicted molar refractivity (Wildman–Crippen MR) is 84.3 cm³/mol. The fraction of sp³-hybridized carbons (Fsp3) is 0.235. The van der Waals surface area contributed by atoms with E-state index in [9.17, 15) is 14.4 Å². The van der Waals surface area contributed by atoms with Gasteiger partial charge in [0.2, 0.25) is 0 Å². The van der Waals surface area contributed by atoms with Crippen molar-refractivity contribution >= 4 is 28.9 Å². The third-order valence-electron chi connectivity index (χ3n) is 3.77. The molecule has 1 aliphatic rings. The Kier molecular flexibility index (Phi) is 3.66. The SMILES string of the molecule is CCc1sc(C(C)=O)cc1CN1C(=O)c2ccccc2C1=O. The van der Waals surface area contributed by atoms with E-state index in [1.54, 1.807) is 30.3 Å². The molecule has 3 rings (SSSR count). The zero-order chi connectivity index (χ0) is 15.9. The van der Waals surface area contributed by atoms with Crippen molar-refractivity contribution in [3.63, 3.8) is 0 Å². The lowest BCUT2D eigenvalue weighted by molar-refractivity contribution is 0.0642. The van der Waals surface area contributed by atoms with Gasteiger partial charge in [0, 0.05) is 4.88 Å². The molecule has 22 heavy (non-hydrogen) atoms. The maximum atomic E-state index is 12.4. The molecule has 0 saturated heterocycles. The zero-order valence-electron chi connectivity index (χ0n) is 12.4. The van der Waals surface area contributed by atoms with Crippen molar-refractivity contribution in [2.24, 2.45) is 0 Å². The van der Waals surface area contributed by atoms with Crippen LogP contribution < -0.4 is 0 Å². The predicted octanol–water partition coefficient (Wildman–Crippen LogP) is 3.31. The van der Waals surface area contributed by atoms with Gasteiger partial charge in [-0.3, -0.25) is 19.3 Å². The van der Waals surface area contributed by atoms with Crippen LogP contribution in [-0.4, -0.2) is 22.5 Å². The third kappa shape index (κ3) is 2.27. The number of rotatable bonds is 4. The van der Waals surface area contributed by atoms with Crippen LogP contribution in [0.5, 0.6) is 0 Å². The van der Waals surface area contributed by atoms with Crippen LogP contribution in [0.15, 0.2) is 30.3 Å². The molecule has 2 heterocycles. The minimum atomic E-state index is -0.266. The van der Waals surface area contributed by atoms with Crippen LogP contribution in [0.4, 0.5) is 0 Å². The normalized spacial score (nSPS) is 13.6. The number of thiophene rings is 1. The summed E-state index contributed by atoms with van der Waals surface area (Å²) < 4.78 is 0. The first-order valence-electron chi connectivity index (χ1n) is 7.10. The number of carbonyl (C=O) groups excluding carboxylic acids is 3. The smallest absolute Gasteiger partial charge is 0.261 e. The van der Waals surface area contributed by atoms with E-state index >= 15 is 0 Å². The number of benzene rings is 1. The molecule has 112 valence electrons. The summed E-state index contributed by atoms with van der Waals surface area (Å²) in [5, 5.41) is 0. The van der Waals surface area contributed by atoms with Crippen molar-refractivity contribution in [1.29, 1.82) is 0 Å². The van der Waals surface area contributed by atoms with Crippen molar-refractivity contribution in [2.75, 3.05) is 0 Å². The van der Waals surface area contributed by atoms with Crippen LogP contribution in [-0.2, 0) is 13.0 Å². The van der Waals surface area contributed by atoms with Gasteiger partial charge in [-0.15, -0.1) is 11.3 Å². The standard InChI is InChI=1S/C17H15NO3S/c1-3-14-11(8-15(22-14)10(2)19)9-18-16(20)12-6-4-5-7-13(12)17(18)21/h4-8H,3,9H2,1-2H3. The molecule has 0 aliphatic carbocycles. The molecule has 0 fully saturated rings. The van der Waals surface area contributed by atoms with Crippen LogP contribution in [0.2, 0.25) is 0 Å². The van der Waals surface area contributed by atoms with E-state index in [2.05, 4.69) is 0 Å². The van der Waals surface area contributed by atoms with E-state index in [-0.39, 0.29) is 24.1 Å². The summed E-state index contributed by atoms with van der Waals surface area (Å²) >= 11 is 1.44. The fourth-order valence-electron chi connectivity index (χ4n) is 2.63. The highest BCUT2D eigenvalue weighted by Crippen LogP contribution is 2.29.